The second-order valence-electron chi connectivity index (χ2n) is 3.30. The molecule has 2 aromatic rings. The van der Waals surface area contributed by atoms with Crippen LogP contribution < -0.4 is 0 Å². The maximum atomic E-state index is 10.5. The second kappa shape index (κ2) is 4.16. The molecule has 0 radical (unpaired) electrons. The number of nitrogens with zero attached hydrogens (tertiary/aromatic N) is 2. The molecule has 0 aliphatic carbocycles. The Bertz CT molecular complexity index is 502. The SMILES string of the molecule is O=[N+]([O-])c1ccc(-n2cccc2CO)cc1. The predicted octanol–water partition coefficient (Wildman–Crippen LogP) is 1.88. The number of hydrogen-bond donors (Lipinski definition) is 1. The molecule has 5 nitrogen and oxygen atoms in total. The lowest BCUT2D eigenvalue weighted by Crippen LogP contribution is -1.98. The van der Waals surface area contributed by atoms with E-state index in [1.54, 1.807) is 29.0 Å². The van der Waals surface area contributed by atoms with Crippen molar-refractivity contribution in [1.82, 2.24) is 4.57 Å². The minimum atomic E-state index is -0.438. The molecule has 1 heterocycles. The molecule has 1 N–H and O–H groups in total. The van der Waals surface area contributed by atoms with Gasteiger partial charge in [-0.2, -0.15) is 0 Å². The van der Waals surface area contributed by atoms with Gasteiger partial charge in [-0.25, -0.2) is 0 Å². The number of nitro benzene ring substituents is 1. The molecular formula is C11H10N2O3. The molecular weight excluding hydrogens is 208 g/mol. The molecule has 5 heteroatoms. The molecule has 0 aliphatic rings. The first-order valence-electron chi connectivity index (χ1n) is 4.74. The first-order valence-corrected chi connectivity index (χ1v) is 4.74. The van der Waals surface area contributed by atoms with Gasteiger partial charge in [-0.15, -0.1) is 0 Å². The number of rotatable bonds is 3. The molecule has 0 amide bonds. The number of aliphatic hydroxyl groups is 1. The lowest BCUT2D eigenvalue weighted by molar-refractivity contribution is -0.384. The summed E-state index contributed by atoms with van der Waals surface area (Å²) in [6, 6.07) is 9.79. The molecule has 0 unspecified atom stereocenters. The zero-order valence-electron chi connectivity index (χ0n) is 8.41. The fourth-order valence-electron chi connectivity index (χ4n) is 1.53. The summed E-state index contributed by atoms with van der Waals surface area (Å²) in [7, 11) is 0. The van der Waals surface area contributed by atoms with E-state index in [1.165, 1.54) is 12.1 Å². The van der Waals surface area contributed by atoms with Crippen LogP contribution in [0.15, 0.2) is 42.6 Å². The third-order valence-corrected chi connectivity index (χ3v) is 2.33. The van der Waals surface area contributed by atoms with Crippen molar-refractivity contribution in [3.8, 4) is 5.69 Å². The van der Waals surface area contributed by atoms with Crippen molar-refractivity contribution >= 4 is 5.69 Å². The van der Waals surface area contributed by atoms with Gasteiger partial charge in [0, 0.05) is 29.7 Å². The molecule has 16 heavy (non-hydrogen) atoms. The Hall–Kier alpha value is -2.14. The Morgan fingerprint density at radius 1 is 1.25 bits per heavy atom. The molecule has 1 aromatic carbocycles. The van der Waals surface area contributed by atoms with Crippen LogP contribution in [0.5, 0.6) is 0 Å². The zero-order valence-corrected chi connectivity index (χ0v) is 8.41. The molecule has 0 fully saturated rings. The van der Waals surface area contributed by atoms with Crippen LogP contribution in [0.1, 0.15) is 5.69 Å². The van der Waals surface area contributed by atoms with Gasteiger partial charge in [0.25, 0.3) is 5.69 Å². The van der Waals surface area contributed by atoms with Gasteiger partial charge < -0.3 is 9.67 Å². The maximum absolute atomic E-state index is 10.5. The van der Waals surface area contributed by atoms with Crippen LogP contribution >= 0.6 is 0 Å². The highest BCUT2D eigenvalue weighted by atomic mass is 16.6. The van der Waals surface area contributed by atoms with Crippen molar-refractivity contribution < 1.29 is 10.0 Å². The quantitative estimate of drug-likeness (QED) is 0.631. The molecule has 82 valence electrons. The number of non-ortho nitro benzene ring substituents is 1. The van der Waals surface area contributed by atoms with E-state index in [-0.39, 0.29) is 12.3 Å². The van der Waals surface area contributed by atoms with Crippen LogP contribution in [-0.2, 0) is 6.61 Å². The number of aromatic nitrogens is 1. The molecule has 0 bridgehead atoms. The highest BCUT2D eigenvalue weighted by molar-refractivity contribution is 5.42. The summed E-state index contributed by atoms with van der Waals surface area (Å²) in [5.41, 5.74) is 1.59. The standard InChI is InChI=1S/C11H10N2O3/c14-8-11-2-1-7-12(11)9-3-5-10(6-4-9)13(15)16/h1-7,14H,8H2. The van der Waals surface area contributed by atoms with E-state index in [4.69, 9.17) is 5.11 Å². The minimum Gasteiger partial charge on any atom is -0.390 e. The number of hydrogen-bond acceptors (Lipinski definition) is 3. The molecule has 0 aliphatic heterocycles. The molecule has 0 atom stereocenters. The molecule has 0 saturated carbocycles. The molecule has 0 spiro atoms. The Kier molecular flexibility index (Phi) is 2.70. The topological polar surface area (TPSA) is 68.3 Å². The van der Waals surface area contributed by atoms with Crippen LogP contribution in [-0.4, -0.2) is 14.6 Å². The van der Waals surface area contributed by atoms with Crippen molar-refractivity contribution in [2.24, 2.45) is 0 Å². The Labute approximate surface area is 91.7 Å². The van der Waals surface area contributed by atoms with Gasteiger partial charge in [0.05, 0.1) is 11.5 Å². The smallest absolute Gasteiger partial charge is 0.269 e. The number of aliphatic hydroxyl groups excluding tert-OH is 1. The van der Waals surface area contributed by atoms with E-state index in [9.17, 15) is 10.1 Å². The summed E-state index contributed by atoms with van der Waals surface area (Å²) in [4.78, 5) is 10.0. The number of nitro groups is 1. The first-order chi connectivity index (χ1) is 7.72. The summed E-state index contributed by atoms with van der Waals surface area (Å²) in [6.45, 7) is -0.0655. The van der Waals surface area contributed by atoms with E-state index >= 15 is 0 Å². The summed E-state index contributed by atoms with van der Waals surface area (Å²) < 4.78 is 1.78. The lowest BCUT2D eigenvalue weighted by atomic mass is 10.3. The lowest BCUT2D eigenvalue weighted by Gasteiger charge is -2.06. The van der Waals surface area contributed by atoms with E-state index < -0.39 is 4.92 Å². The van der Waals surface area contributed by atoms with Gasteiger partial charge in [-0.05, 0) is 24.3 Å². The van der Waals surface area contributed by atoms with Gasteiger partial charge in [0.2, 0.25) is 0 Å². The minimum absolute atomic E-state index is 0.0569. The molecule has 0 saturated heterocycles. The van der Waals surface area contributed by atoms with E-state index in [0.717, 1.165) is 11.4 Å². The van der Waals surface area contributed by atoms with Gasteiger partial charge >= 0.3 is 0 Å². The Morgan fingerprint density at radius 2 is 1.94 bits per heavy atom. The normalized spacial score (nSPS) is 10.3. The fraction of sp³-hybridized carbons (Fsp3) is 0.0909. The van der Waals surface area contributed by atoms with Crippen LogP contribution in [0.25, 0.3) is 5.69 Å². The van der Waals surface area contributed by atoms with E-state index in [0.29, 0.717) is 0 Å². The van der Waals surface area contributed by atoms with E-state index in [1.807, 2.05) is 6.07 Å². The summed E-state index contributed by atoms with van der Waals surface area (Å²) in [5.74, 6) is 0. The largest absolute Gasteiger partial charge is 0.390 e. The van der Waals surface area contributed by atoms with Crippen molar-refractivity contribution in [2.75, 3.05) is 0 Å². The Morgan fingerprint density at radius 3 is 2.50 bits per heavy atom. The average Bonchev–Trinajstić information content (AvgIpc) is 2.77. The predicted molar refractivity (Wildman–Crippen MR) is 58.3 cm³/mol. The van der Waals surface area contributed by atoms with Gasteiger partial charge in [-0.1, -0.05) is 0 Å². The highest BCUT2D eigenvalue weighted by Gasteiger charge is 2.06. The van der Waals surface area contributed by atoms with Crippen LogP contribution in [0, 0.1) is 10.1 Å². The average molecular weight is 218 g/mol. The Balaban J connectivity index is 2.38. The van der Waals surface area contributed by atoms with Gasteiger partial charge in [0.15, 0.2) is 0 Å². The summed E-state index contributed by atoms with van der Waals surface area (Å²) >= 11 is 0. The zero-order chi connectivity index (χ0) is 11.5. The first kappa shape index (κ1) is 10.4. The van der Waals surface area contributed by atoms with Crippen molar-refractivity contribution in [3.63, 3.8) is 0 Å². The van der Waals surface area contributed by atoms with Crippen LogP contribution in [0.4, 0.5) is 5.69 Å². The second-order valence-corrected chi connectivity index (χ2v) is 3.30. The van der Waals surface area contributed by atoms with Crippen molar-refractivity contribution in [3.05, 3.63) is 58.4 Å². The monoisotopic (exact) mass is 218 g/mol. The van der Waals surface area contributed by atoms with Crippen LogP contribution in [0.2, 0.25) is 0 Å². The third kappa shape index (κ3) is 1.80. The maximum Gasteiger partial charge on any atom is 0.269 e. The third-order valence-electron chi connectivity index (χ3n) is 2.33. The van der Waals surface area contributed by atoms with E-state index in [2.05, 4.69) is 0 Å². The fourth-order valence-corrected chi connectivity index (χ4v) is 1.53. The summed E-state index contributed by atoms with van der Waals surface area (Å²) in [6.07, 6.45) is 1.80. The van der Waals surface area contributed by atoms with Crippen molar-refractivity contribution in [1.29, 1.82) is 0 Å². The number of benzene rings is 1. The van der Waals surface area contributed by atoms with Gasteiger partial charge in [-0.3, -0.25) is 10.1 Å². The highest BCUT2D eigenvalue weighted by Crippen LogP contribution is 2.17. The van der Waals surface area contributed by atoms with Crippen molar-refractivity contribution in [2.45, 2.75) is 6.61 Å². The van der Waals surface area contributed by atoms with Gasteiger partial charge in [0.1, 0.15) is 0 Å². The summed E-state index contributed by atoms with van der Waals surface area (Å²) in [5, 5.41) is 19.6. The molecule has 2 rings (SSSR count). The van der Waals surface area contributed by atoms with Crippen LogP contribution in [0.3, 0.4) is 0 Å². The molecule has 1 aromatic heterocycles.